The van der Waals surface area contributed by atoms with Crippen molar-refractivity contribution in [3.63, 3.8) is 0 Å². The van der Waals surface area contributed by atoms with Gasteiger partial charge in [-0.1, -0.05) is 121 Å². The Labute approximate surface area is 193 Å². The van der Waals surface area contributed by atoms with E-state index in [1.54, 1.807) is 0 Å². The second-order valence-electron chi connectivity index (χ2n) is 8.97. The van der Waals surface area contributed by atoms with Crippen LogP contribution in [0.1, 0.15) is 28.2 Å². The van der Waals surface area contributed by atoms with Crippen LogP contribution in [0.3, 0.4) is 0 Å². The van der Waals surface area contributed by atoms with Gasteiger partial charge < -0.3 is 0 Å². The maximum absolute atomic E-state index is 6.71. The third-order valence-corrected chi connectivity index (χ3v) is 7.98. The fourth-order valence-electron chi connectivity index (χ4n) is 6.56. The molecule has 0 N–H and O–H groups in total. The number of hydrogen-bond acceptors (Lipinski definition) is 0. The first-order chi connectivity index (χ1) is 15.8. The molecule has 0 aromatic heterocycles. The van der Waals surface area contributed by atoms with Gasteiger partial charge in [0.2, 0.25) is 0 Å². The van der Waals surface area contributed by atoms with Gasteiger partial charge in [0.25, 0.3) is 0 Å². The molecule has 0 saturated heterocycles. The normalized spacial score (nSPS) is 23.7. The molecule has 3 aliphatic carbocycles. The lowest BCUT2D eigenvalue weighted by atomic mass is 9.65. The summed E-state index contributed by atoms with van der Waals surface area (Å²) in [4.78, 5) is 0. The summed E-state index contributed by atoms with van der Waals surface area (Å²) in [6, 6.07) is 33.0. The van der Waals surface area contributed by atoms with Gasteiger partial charge >= 0.3 is 0 Å². The number of benzene rings is 4. The second-order valence-corrected chi connectivity index (χ2v) is 9.38. The fraction of sp³-hybridized carbons (Fsp3) is 0.0968. The molecule has 32 heavy (non-hydrogen) atoms. The molecule has 3 unspecified atom stereocenters. The van der Waals surface area contributed by atoms with Gasteiger partial charge in [-0.2, -0.15) is 0 Å². The smallest absolute Gasteiger partial charge is 0.0538 e. The highest BCUT2D eigenvalue weighted by molar-refractivity contribution is 6.33. The quantitative estimate of drug-likeness (QED) is 0.287. The minimum Gasteiger partial charge on any atom is -0.0837 e. The van der Waals surface area contributed by atoms with Crippen LogP contribution >= 0.6 is 11.6 Å². The zero-order chi connectivity index (χ0) is 21.3. The Balaban J connectivity index is 1.64. The maximum atomic E-state index is 6.71. The lowest BCUT2D eigenvalue weighted by Gasteiger charge is -2.36. The van der Waals surface area contributed by atoms with Crippen molar-refractivity contribution in [3.05, 3.63) is 143 Å². The Bertz CT molecular complexity index is 1460. The third kappa shape index (κ3) is 2.13. The zero-order valence-electron chi connectivity index (χ0n) is 17.5. The van der Waals surface area contributed by atoms with Crippen LogP contribution in [0, 0.1) is 5.92 Å². The van der Waals surface area contributed by atoms with Gasteiger partial charge in [-0.15, -0.1) is 0 Å². The van der Waals surface area contributed by atoms with E-state index < -0.39 is 0 Å². The Hall–Kier alpha value is -3.35. The monoisotopic (exact) mass is 428 g/mol. The predicted molar refractivity (Wildman–Crippen MR) is 133 cm³/mol. The molecule has 1 heteroatoms. The molecule has 4 aromatic rings. The molecule has 3 atom stereocenters. The first-order valence-electron chi connectivity index (χ1n) is 11.2. The van der Waals surface area contributed by atoms with Crippen LogP contribution in [0.2, 0.25) is 5.02 Å². The molecule has 0 heterocycles. The van der Waals surface area contributed by atoms with Gasteiger partial charge in [0.1, 0.15) is 0 Å². The summed E-state index contributed by atoms with van der Waals surface area (Å²) in [5, 5.41) is 0.796. The van der Waals surface area contributed by atoms with Crippen molar-refractivity contribution < 1.29 is 0 Å². The largest absolute Gasteiger partial charge is 0.0837 e. The van der Waals surface area contributed by atoms with Gasteiger partial charge in [-0.25, -0.2) is 0 Å². The highest BCUT2D eigenvalue weighted by Gasteiger charge is 2.57. The molecular formula is C31H21Cl. The van der Waals surface area contributed by atoms with Gasteiger partial charge in [0, 0.05) is 22.4 Å². The van der Waals surface area contributed by atoms with E-state index in [2.05, 4.69) is 103 Å². The van der Waals surface area contributed by atoms with Crippen LogP contribution < -0.4 is 0 Å². The first-order valence-corrected chi connectivity index (χ1v) is 11.6. The first kappa shape index (κ1) is 18.2. The summed E-state index contributed by atoms with van der Waals surface area (Å²) in [5.74, 6) is 0.743. The summed E-state index contributed by atoms with van der Waals surface area (Å²) in [6.45, 7) is 0. The summed E-state index contributed by atoms with van der Waals surface area (Å²) in [6.07, 6.45) is 9.25. The van der Waals surface area contributed by atoms with E-state index in [9.17, 15) is 0 Å². The number of halogens is 1. The summed E-state index contributed by atoms with van der Waals surface area (Å²) in [7, 11) is 0. The van der Waals surface area contributed by atoms with E-state index in [1.165, 1.54) is 38.9 Å². The van der Waals surface area contributed by atoms with Gasteiger partial charge in [-0.05, 0) is 45.0 Å². The highest BCUT2D eigenvalue weighted by Crippen LogP contribution is 2.66. The molecule has 0 saturated carbocycles. The molecule has 1 spiro atoms. The molecule has 0 bridgehead atoms. The molecule has 0 aliphatic heterocycles. The van der Waals surface area contributed by atoms with E-state index in [-0.39, 0.29) is 5.41 Å². The minimum atomic E-state index is -0.189. The van der Waals surface area contributed by atoms with Crippen molar-refractivity contribution in [2.75, 3.05) is 0 Å². The average Bonchev–Trinajstić information content (AvgIpc) is 3.32. The zero-order valence-corrected chi connectivity index (χ0v) is 18.3. The number of allylic oxidation sites excluding steroid dienone is 4. The predicted octanol–water partition coefficient (Wildman–Crippen LogP) is 8.16. The highest BCUT2D eigenvalue weighted by atomic mass is 35.5. The Kier molecular flexibility index (Phi) is 3.75. The van der Waals surface area contributed by atoms with Crippen molar-refractivity contribution in [2.45, 2.75) is 11.3 Å². The van der Waals surface area contributed by atoms with Crippen LogP contribution in [0.5, 0.6) is 0 Å². The van der Waals surface area contributed by atoms with E-state index in [0.29, 0.717) is 11.8 Å². The second kappa shape index (κ2) is 6.58. The van der Waals surface area contributed by atoms with Gasteiger partial charge in [-0.3, -0.25) is 0 Å². The molecule has 7 rings (SSSR count). The summed E-state index contributed by atoms with van der Waals surface area (Å²) in [5.41, 5.74) is 10.5. The van der Waals surface area contributed by atoms with Crippen molar-refractivity contribution in [1.29, 1.82) is 0 Å². The fourth-order valence-corrected chi connectivity index (χ4v) is 6.80. The molecule has 4 aromatic carbocycles. The van der Waals surface area contributed by atoms with Crippen LogP contribution in [0.4, 0.5) is 0 Å². The van der Waals surface area contributed by atoms with Crippen molar-refractivity contribution in [2.24, 2.45) is 5.92 Å². The Morgan fingerprint density at radius 3 is 2.09 bits per heavy atom. The van der Waals surface area contributed by atoms with Crippen molar-refractivity contribution >= 4 is 11.6 Å². The standard InChI is InChI=1S/C31H21Cl/c32-29-19-8-4-12-22(29)23-14-9-18-28-30(23)24-13-3-7-17-27(24)31(28)25-15-5-1-10-20(25)21-11-2-6-16-26(21)31/h1-20,25H. The van der Waals surface area contributed by atoms with Crippen LogP contribution in [-0.2, 0) is 5.41 Å². The SMILES string of the molecule is Clc1ccccc1-c1cccc2c1-c1ccccc1C21c2ccccc2C2C=CC=CC21. The summed E-state index contributed by atoms with van der Waals surface area (Å²) >= 11 is 6.71. The van der Waals surface area contributed by atoms with Crippen molar-refractivity contribution in [1.82, 2.24) is 0 Å². The molecule has 0 amide bonds. The van der Waals surface area contributed by atoms with E-state index in [1.807, 2.05) is 12.1 Å². The number of hydrogen-bond donors (Lipinski definition) is 0. The number of fused-ring (bicyclic) bond motifs is 10. The molecule has 0 radical (unpaired) electrons. The Morgan fingerprint density at radius 2 is 1.22 bits per heavy atom. The molecular weight excluding hydrogens is 408 g/mol. The maximum Gasteiger partial charge on any atom is 0.0538 e. The average molecular weight is 429 g/mol. The third-order valence-electron chi connectivity index (χ3n) is 7.65. The molecule has 0 fully saturated rings. The topological polar surface area (TPSA) is 0 Å². The van der Waals surface area contributed by atoms with Crippen LogP contribution in [-0.4, -0.2) is 0 Å². The van der Waals surface area contributed by atoms with Crippen LogP contribution in [0.15, 0.2) is 115 Å². The van der Waals surface area contributed by atoms with E-state index >= 15 is 0 Å². The lowest BCUT2D eigenvalue weighted by Crippen LogP contribution is -2.32. The van der Waals surface area contributed by atoms with Crippen molar-refractivity contribution in [3.8, 4) is 22.3 Å². The van der Waals surface area contributed by atoms with Gasteiger partial charge in [0.05, 0.1) is 5.41 Å². The van der Waals surface area contributed by atoms with Gasteiger partial charge in [0.15, 0.2) is 0 Å². The Morgan fingerprint density at radius 1 is 0.562 bits per heavy atom. The molecule has 3 aliphatic rings. The van der Waals surface area contributed by atoms with E-state index in [0.717, 1.165) is 10.6 Å². The van der Waals surface area contributed by atoms with Crippen LogP contribution in [0.25, 0.3) is 22.3 Å². The summed E-state index contributed by atoms with van der Waals surface area (Å²) < 4.78 is 0. The minimum absolute atomic E-state index is 0.189. The molecule has 0 nitrogen and oxygen atoms in total. The number of rotatable bonds is 1. The lowest BCUT2D eigenvalue weighted by molar-refractivity contribution is 0.465. The van der Waals surface area contributed by atoms with E-state index in [4.69, 9.17) is 11.6 Å². The molecule has 152 valence electrons.